The topological polar surface area (TPSA) is 99.7 Å². The zero-order valence-corrected chi connectivity index (χ0v) is 18.4. The Morgan fingerprint density at radius 3 is 2.29 bits per heavy atom. The van der Waals surface area contributed by atoms with Crippen LogP contribution in [0.4, 0.5) is 32.4 Å². The SMILES string of the molecule is O=C(C[C@@H]1CC[C@@H](NC(=O)Nc2ccc(C(F)(F)F)cc2)[C@@H](CO)O1)NCc1cc(F)cc(F)c1. The summed E-state index contributed by atoms with van der Waals surface area (Å²) < 4.78 is 70.1. The molecule has 7 nitrogen and oxygen atoms in total. The highest BCUT2D eigenvalue weighted by Gasteiger charge is 2.33. The van der Waals surface area contributed by atoms with Gasteiger partial charge in [-0.25, -0.2) is 13.6 Å². The number of halogens is 5. The van der Waals surface area contributed by atoms with E-state index in [0.717, 1.165) is 42.5 Å². The van der Waals surface area contributed by atoms with Crippen molar-refractivity contribution in [3.05, 3.63) is 65.2 Å². The monoisotopic (exact) mass is 501 g/mol. The lowest BCUT2D eigenvalue weighted by Crippen LogP contribution is -2.52. The first-order chi connectivity index (χ1) is 16.5. The number of alkyl halides is 3. The summed E-state index contributed by atoms with van der Waals surface area (Å²) in [6.07, 6.45) is -5.15. The van der Waals surface area contributed by atoms with E-state index in [1.807, 2.05) is 0 Å². The number of ether oxygens (including phenoxy) is 1. The minimum Gasteiger partial charge on any atom is -0.394 e. The van der Waals surface area contributed by atoms with E-state index in [1.165, 1.54) is 0 Å². The highest BCUT2D eigenvalue weighted by atomic mass is 19.4. The molecule has 4 N–H and O–H groups in total. The molecule has 12 heteroatoms. The summed E-state index contributed by atoms with van der Waals surface area (Å²) in [6.45, 7) is -0.510. The number of carbonyl (C=O) groups excluding carboxylic acids is 2. The zero-order valence-electron chi connectivity index (χ0n) is 18.4. The number of anilines is 1. The molecule has 1 heterocycles. The first-order valence-electron chi connectivity index (χ1n) is 10.8. The summed E-state index contributed by atoms with van der Waals surface area (Å²) >= 11 is 0. The van der Waals surface area contributed by atoms with Crippen molar-refractivity contribution >= 4 is 17.6 Å². The van der Waals surface area contributed by atoms with Crippen LogP contribution in [0.25, 0.3) is 0 Å². The maximum absolute atomic E-state index is 13.2. The average Bonchev–Trinajstić information content (AvgIpc) is 2.78. The third-order valence-corrected chi connectivity index (χ3v) is 5.41. The number of rotatable bonds is 7. The molecule has 0 aromatic heterocycles. The summed E-state index contributed by atoms with van der Waals surface area (Å²) in [5.41, 5.74) is -0.430. The number of benzene rings is 2. The maximum Gasteiger partial charge on any atom is 0.416 e. The lowest BCUT2D eigenvalue weighted by Gasteiger charge is -2.35. The fraction of sp³-hybridized carbons (Fsp3) is 0.391. The quantitative estimate of drug-likeness (QED) is 0.435. The van der Waals surface area contributed by atoms with Crippen molar-refractivity contribution < 1.29 is 41.4 Å². The smallest absolute Gasteiger partial charge is 0.394 e. The van der Waals surface area contributed by atoms with E-state index in [4.69, 9.17) is 4.74 Å². The van der Waals surface area contributed by atoms with Gasteiger partial charge in [0.05, 0.1) is 30.7 Å². The van der Waals surface area contributed by atoms with E-state index >= 15 is 0 Å². The van der Waals surface area contributed by atoms with Crippen LogP contribution in [0.1, 0.15) is 30.4 Å². The van der Waals surface area contributed by atoms with Gasteiger partial charge in [-0.1, -0.05) is 0 Å². The van der Waals surface area contributed by atoms with Crippen LogP contribution in [0.15, 0.2) is 42.5 Å². The molecular formula is C23H24F5N3O4. The van der Waals surface area contributed by atoms with Crippen LogP contribution in [0.5, 0.6) is 0 Å². The van der Waals surface area contributed by atoms with Gasteiger partial charge in [-0.15, -0.1) is 0 Å². The Morgan fingerprint density at radius 1 is 1.03 bits per heavy atom. The summed E-state index contributed by atoms with van der Waals surface area (Å²) in [7, 11) is 0. The zero-order chi connectivity index (χ0) is 25.6. The van der Waals surface area contributed by atoms with Crippen LogP contribution in [0.3, 0.4) is 0 Å². The molecule has 2 aromatic carbocycles. The van der Waals surface area contributed by atoms with Crippen LogP contribution < -0.4 is 16.0 Å². The average molecular weight is 501 g/mol. The van der Waals surface area contributed by atoms with Crippen molar-refractivity contribution in [2.24, 2.45) is 0 Å². The van der Waals surface area contributed by atoms with Gasteiger partial charge < -0.3 is 25.8 Å². The predicted octanol–water partition coefficient (Wildman–Crippen LogP) is 3.72. The van der Waals surface area contributed by atoms with E-state index in [1.54, 1.807) is 0 Å². The van der Waals surface area contributed by atoms with Crippen LogP contribution in [-0.2, 0) is 22.3 Å². The van der Waals surface area contributed by atoms with E-state index in [0.29, 0.717) is 12.8 Å². The highest BCUT2D eigenvalue weighted by molar-refractivity contribution is 5.89. The number of carbonyl (C=O) groups is 2. The van der Waals surface area contributed by atoms with Crippen LogP contribution >= 0.6 is 0 Å². The fourth-order valence-electron chi connectivity index (χ4n) is 3.72. The second-order valence-electron chi connectivity index (χ2n) is 8.10. The molecule has 35 heavy (non-hydrogen) atoms. The molecule has 0 saturated carbocycles. The number of hydrogen-bond donors (Lipinski definition) is 4. The number of amides is 3. The summed E-state index contributed by atoms with van der Waals surface area (Å²) in [6, 6.07) is 5.59. The molecule has 0 bridgehead atoms. The lowest BCUT2D eigenvalue weighted by molar-refractivity contribution is -0.137. The number of nitrogens with one attached hydrogen (secondary N) is 3. The minimum atomic E-state index is -4.49. The maximum atomic E-state index is 13.2. The predicted molar refractivity (Wildman–Crippen MR) is 115 cm³/mol. The highest BCUT2D eigenvalue weighted by Crippen LogP contribution is 2.30. The van der Waals surface area contributed by atoms with Gasteiger partial charge in [-0.3, -0.25) is 4.79 Å². The van der Waals surface area contributed by atoms with Crippen molar-refractivity contribution in [3.63, 3.8) is 0 Å². The molecule has 1 saturated heterocycles. The fourth-order valence-corrected chi connectivity index (χ4v) is 3.72. The second kappa shape index (κ2) is 11.5. The molecule has 1 aliphatic rings. The van der Waals surface area contributed by atoms with Crippen molar-refractivity contribution in [1.29, 1.82) is 0 Å². The Kier molecular flexibility index (Phi) is 8.62. The molecule has 3 rings (SSSR count). The van der Waals surface area contributed by atoms with Crippen LogP contribution in [0.2, 0.25) is 0 Å². The van der Waals surface area contributed by atoms with Crippen molar-refractivity contribution in [1.82, 2.24) is 10.6 Å². The Hall–Kier alpha value is -3.25. The molecule has 0 spiro atoms. The molecule has 0 unspecified atom stereocenters. The normalized spacial score (nSPS) is 20.2. The van der Waals surface area contributed by atoms with E-state index in [9.17, 15) is 36.6 Å². The van der Waals surface area contributed by atoms with Crippen LogP contribution in [-0.4, -0.2) is 41.9 Å². The number of aliphatic hydroxyl groups excluding tert-OH is 1. The molecule has 2 aromatic rings. The van der Waals surface area contributed by atoms with Gasteiger partial charge in [-0.05, 0) is 54.8 Å². The van der Waals surface area contributed by atoms with Crippen molar-refractivity contribution in [3.8, 4) is 0 Å². The van der Waals surface area contributed by atoms with Gasteiger partial charge in [0.2, 0.25) is 5.91 Å². The lowest BCUT2D eigenvalue weighted by atomic mass is 9.97. The summed E-state index contributed by atoms with van der Waals surface area (Å²) in [5, 5.41) is 17.2. The van der Waals surface area contributed by atoms with Gasteiger partial charge in [-0.2, -0.15) is 13.2 Å². The first-order valence-corrected chi connectivity index (χ1v) is 10.8. The third kappa shape index (κ3) is 7.89. The van der Waals surface area contributed by atoms with E-state index < -0.39 is 60.2 Å². The van der Waals surface area contributed by atoms with Gasteiger partial charge in [0.15, 0.2) is 0 Å². The Bertz CT molecular complexity index is 1010. The number of urea groups is 1. The third-order valence-electron chi connectivity index (χ3n) is 5.41. The van der Waals surface area contributed by atoms with Crippen molar-refractivity contribution in [2.45, 2.75) is 50.2 Å². The number of hydrogen-bond acceptors (Lipinski definition) is 4. The molecule has 0 aliphatic carbocycles. The first kappa shape index (κ1) is 26.4. The molecular weight excluding hydrogens is 477 g/mol. The van der Waals surface area contributed by atoms with E-state index in [2.05, 4.69) is 16.0 Å². The molecule has 190 valence electrons. The standard InChI is InChI=1S/C23H24F5N3O4/c24-15-7-13(8-16(25)9-15)11-29-21(33)10-18-5-6-19(20(12-32)35-18)31-22(34)30-17-3-1-14(2-4-17)23(26,27)28/h1-4,7-9,18-20,32H,5-6,10-12H2,(H,29,33)(H2,30,31,34)/t18-,19+,20+/m0/s1. The van der Waals surface area contributed by atoms with Gasteiger partial charge in [0.1, 0.15) is 17.7 Å². The molecule has 1 aliphatic heterocycles. The molecule has 3 atom stereocenters. The van der Waals surface area contributed by atoms with E-state index in [-0.39, 0.29) is 24.2 Å². The Balaban J connectivity index is 1.46. The van der Waals surface area contributed by atoms with Gasteiger partial charge in [0, 0.05) is 18.3 Å². The summed E-state index contributed by atoms with van der Waals surface area (Å²) in [4.78, 5) is 24.5. The van der Waals surface area contributed by atoms with Crippen molar-refractivity contribution in [2.75, 3.05) is 11.9 Å². The molecule has 1 fully saturated rings. The Morgan fingerprint density at radius 2 is 1.69 bits per heavy atom. The van der Waals surface area contributed by atoms with Gasteiger partial charge >= 0.3 is 12.2 Å². The van der Waals surface area contributed by atoms with Gasteiger partial charge in [0.25, 0.3) is 0 Å². The Labute approximate surface area is 197 Å². The van der Waals surface area contributed by atoms with Crippen LogP contribution in [0, 0.1) is 11.6 Å². The second-order valence-corrected chi connectivity index (χ2v) is 8.10. The summed E-state index contributed by atoms with van der Waals surface area (Å²) in [5.74, 6) is -1.92. The largest absolute Gasteiger partial charge is 0.416 e. The molecule has 3 amide bonds. The molecule has 0 radical (unpaired) electrons. The minimum absolute atomic E-state index is 0.0568. The number of aliphatic hydroxyl groups is 1.